The second-order valence-corrected chi connectivity index (χ2v) is 19.6. The van der Waals surface area contributed by atoms with Crippen molar-refractivity contribution in [1.82, 2.24) is 0 Å². The minimum absolute atomic E-state index is 1.28. The normalized spacial score (nSPS) is 12.3. The Morgan fingerprint density at radius 2 is 0.724 bits per heavy atom. The molecule has 0 unspecified atom stereocenters. The van der Waals surface area contributed by atoms with Gasteiger partial charge in [-0.25, -0.2) is 0 Å². The van der Waals surface area contributed by atoms with Gasteiger partial charge in [0, 0.05) is 0 Å². The summed E-state index contributed by atoms with van der Waals surface area (Å²) in [5.74, 6) is 0. The van der Waals surface area contributed by atoms with Gasteiger partial charge in [0.05, 0.1) is 8.07 Å². The maximum atomic E-state index is 7.85. The number of aryl methyl sites for hydroxylation is 5. The van der Waals surface area contributed by atoms with Crippen LogP contribution in [0.1, 0.15) is 27.8 Å². The first-order valence-electron chi connectivity index (χ1n) is 10.4. The van der Waals surface area contributed by atoms with Crippen molar-refractivity contribution in [3.05, 3.63) is 82.4 Å². The molecule has 0 aliphatic carbocycles. The molecule has 0 N–H and O–H groups in total. The van der Waals surface area contributed by atoms with Crippen LogP contribution in [0.3, 0.4) is 0 Å². The fourth-order valence-electron chi connectivity index (χ4n) is 4.26. The van der Waals surface area contributed by atoms with Crippen molar-refractivity contribution in [2.75, 3.05) is 0 Å². The highest BCUT2D eigenvalue weighted by molar-refractivity contribution is 7.40. The van der Waals surface area contributed by atoms with Crippen molar-refractivity contribution in [2.24, 2.45) is 0 Å². The van der Waals surface area contributed by atoms with Crippen LogP contribution in [0.15, 0.2) is 54.6 Å². The van der Waals surface area contributed by atoms with E-state index in [1.54, 1.807) is 0 Å². The predicted octanol–water partition coefficient (Wildman–Crippen LogP) is 4.98. The highest BCUT2D eigenvalue weighted by Gasteiger charge is 2.39. The Kier molecular flexibility index (Phi) is 6.02. The average molecular weight is 437 g/mol. The van der Waals surface area contributed by atoms with Crippen molar-refractivity contribution in [2.45, 2.75) is 54.3 Å². The molecule has 0 spiro atoms. The number of benzene rings is 3. The van der Waals surface area contributed by atoms with E-state index < -0.39 is 15.5 Å². The molecule has 0 atom stereocenters. The number of hydrogen-bond donors (Lipinski definition) is 0. The minimum atomic E-state index is -2.65. The van der Waals surface area contributed by atoms with E-state index >= 15 is 0 Å². The molecular weight excluding hydrogens is 404 g/mol. The molecule has 0 radical (unpaired) electrons. The molecule has 0 fully saturated rings. The topological polar surface area (TPSA) is 0 Å². The third-order valence-electron chi connectivity index (χ3n) is 5.58. The molecular formula is C26H33ClSi2. The number of rotatable bonds is 4. The fraction of sp³-hybridized carbons (Fsp3) is 0.308. The molecule has 0 bridgehead atoms. The van der Waals surface area contributed by atoms with Crippen LogP contribution in [0.4, 0.5) is 0 Å². The van der Waals surface area contributed by atoms with Gasteiger partial charge < -0.3 is 0 Å². The SMILES string of the molecule is Cc1cc(C)cc([Si](Cl)(c2cc(C)cc(C)c2)c2cc(C)cc([Si](C)(C)C)c2)c1. The van der Waals surface area contributed by atoms with Crippen molar-refractivity contribution in [1.29, 1.82) is 0 Å². The monoisotopic (exact) mass is 436 g/mol. The summed E-state index contributed by atoms with van der Waals surface area (Å²) in [7, 11) is -4.11. The number of halogens is 1. The molecule has 29 heavy (non-hydrogen) atoms. The quantitative estimate of drug-likeness (QED) is 0.307. The van der Waals surface area contributed by atoms with Crippen LogP contribution in [0, 0.1) is 34.6 Å². The smallest absolute Gasteiger partial charge is 0.149 e. The van der Waals surface area contributed by atoms with Crippen LogP contribution >= 0.6 is 11.1 Å². The second-order valence-electron chi connectivity index (χ2n) is 9.75. The molecule has 152 valence electrons. The Bertz CT molecular complexity index is 969. The Labute approximate surface area is 183 Å². The van der Waals surface area contributed by atoms with Crippen molar-refractivity contribution < 1.29 is 0 Å². The first-order chi connectivity index (χ1) is 13.4. The molecule has 0 aliphatic heterocycles. The summed E-state index contributed by atoms with van der Waals surface area (Å²) < 4.78 is 0. The maximum absolute atomic E-state index is 7.85. The van der Waals surface area contributed by atoms with Gasteiger partial charge in [0.2, 0.25) is 7.38 Å². The Hall–Kier alpha value is -1.62. The molecule has 3 heteroatoms. The van der Waals surface area contributed by atoms with Gasteiger partial charge in [0.1, 0.15) is 0 Å². The standard InChI is InChI=1S/C26H33ClSi2/c1-18-9-19(2)13-24(12-18)29(27,25-14-20(3)10-21(4)15-25)26-16-22(5)11-23(17-26)28(6,7)8/h9-17H,1-8H3. The van der Waals surface area contributed by atoms with Crippen LogP contribution in [0.25, 0.3) is 0 Å². The minimum Gasteiger partial charge on any atom is -0.149 e. The summed E-state index contributed by atoms with van der Waals surface area (Å²) in [5, 5.41) is 5.37. The van der Waals surface area contributed by atoms with E-state index in [4.69, 9.17) is 11.1 Å². The molecule has 3 rings (SSSR count). The largest absolute Gasteiger partial charge is 0.247 e. The van der Waals surface area contributed by atoms with Gasteiger partial charge in [-0.3, -0.25) is 0 Å². The van der Waals surface area contributed by atoms with Crippen molar-refractivity contribution in [3.8, 4) is 0 Å². The molecule has 3 aromatic carbocycles. The highest BCUT2D eigenvalue weighted by atomic mass is 35.6. The summed E-state index contributed by atoms with van der Waals surface area (Å²) in [6.07, 6.45) is 0. The zero-order chi connectivity index (χ0) is 21.6. The van der Waals surface area contributed by atoms with E-state index in [0.717, 1.165) is 0 Å². The van der Waals surface area contributed by atoms with Crippen LogP contribution in [-0.4, -0.2) is 15.5 Å². The van der Waals surface area contributed by atoms with E-state index in [1.165, 1.54) is 48.6 Å². The molecule has 0 saturated carbocycles. The Morgan fingerprint density at radius 1 is 0.448 bits per heavy atom. The molecule has 0 nitrogen and oxygen atoms in total. The Morgan fingerprint density at radius 3 is 1.07 bits per heavy atom. The molecule has 0 aromatic heterocycles. The van der Waals surface area contributed by atoms with Crippen molar-refractivity contribution in [3.63, 3.8) is 0 Å². The molecule has 0 saturated heterocycles. The molecule has 0 aliphatic rings. The maximum Gasteiger partial charge on any atom is 0.247 e. The van der Waals surface area contributed by atoms with Gasteiger partial charge in [-0.15, -0.1) is 11.1 Å². The zero-order valence-corrected chi connectivity index (χ0v) is 21.8. The first kappa shape index (κ1) is 22.1. The van der Waals surface area contributed by atoms with Gasteiger partial charge in [-0.05, 0) is 50.2 Å². The second kappa shape index (κ2) is 7.90. The molecule has 0 amide bonds. The number of hydrogen-bond acceptors (Lipinski definition) is 0. The highest BCUT2D eigenvalue weighted by Crippen LogP contribution is 2.17. The van der Waals surface area contributed by atoms with Crippen molar-refractivity contribution >= 4 is 47.3 Å². The van der Waals surface area contributed by atoms with Gasteiger partial charge in [-0.2, -0.15) is 0 Å². The third kappa shape index (κ3) is 4.60. The van der Waals surface area contributed by atoms with E-state index in [9.17, 15) is 0 Å². The summed E-state index contributed by atoms with van der Waals surface area (Å²) in [6.45, 7) is 18.1. The van der Waals surface area contributed by atoms with Crippen LogP contribution in [0.5, 0.6) is 0 Å². The zero-order valence-electron chi connectivity index (χ0n) is 19.1. The third-order valence-corrected chi connectivity index (χ3v) is 12.8. The lowest BCUT2D eigenvalue weighted by Gasteiger charge is -2.30. The van der Waals surface area contributed by atoms with E-state index in [0.29, 0.717) is 0 Å². The van der Waals surface area contributed by atoms with E-state index in [2.05, 4.69) is 109 Å². The van der Waals surface area contributed by atoms with Gasteiger partial charge in [0.25, 0.3) is 0 Å². The lowest BCUT2D eigenvalue weighted by molar-refractivity contribution is 1.39. The summed E-state index contributed by atoms with van der Waals surface area (Å²) >= 11 is 7.85. The summed E-state index contributed by atoms with van der Waals surface area (Å²) in [4.78, 5) is 0. The van der Waals surface area contributed by atoms with E-state index in [1.807, 2.05) is 0 Å². The van der Waals surface area contributed by atoms with Gasteiger partial charge >= 0.3 is 0 Å². The summed E-state index contributed by atoms with van der Waals surface area (Å²) in [5.41, 5.74) is 6.42. The van der Waals surface area contributed by atoms with Crippen LogP contribution in [-0.2, 0) is 0 Å². The van der Waals surface area contributed by atoms with E-state index in [-0.39, 0.29) is 0 Å². The molecule has 3 aromatic rings. The van der Waals surface area contributed by atoms with Gasteiger partial charge in [0.15, 0.2) is 0 Å². The summed E-state index contributed by atoms with van der Waals surface area (Å²) in [6, 6.07) is 20.8. The van der Waals surface area contributed by atoms with Crippen LogP contribution in [0.2, 0.25) is 19.6 Å². The first-order valence-corrected chi connectivity index (χ1v) is 16.9. The average Bonchev–Trinajstić information content (AvgIpc) is 2.58. The predicted molar refractivity (Wildman–Crippen MR) is 136 cm³/mol. The fourth-order valence-corrected chi connectivity index (χ4v) is 10.1. The molecule has 0 heterocycles. The Balaban J connectivity index is 2.39. The van der Waals surface area contributed by atoms with Gasteiger partial charge in [-0.1, -0.05) is 107 Å². The lowest BCUT2D eigenvalue weighted by Crippen LogP contribution is -2.64. The van der Waals surface area contributed by atoms with Crippen LogP contribution < -0.4 is 20.7 Å². The lowest BCUT2D eigenvalue weighted by atomic mass is 10.2.